The highest BCUT2D eigenvalue weighted by Crippen LogP contribution is 2.28. The van der Waals surface area contributed by atoms with E-state index in [1.54, 1.807) is 0 Å². The molecule has 0 aliphatic heterocycles. The van der Waals surface area contributed by atoms with Gasteiger partial charge in [-0.3, -0.25) is 9.48 Å². The maximum absolute atomic E-state index is 12.4. The molecule has 1 atom stereocenters. The number of hydrogen-bond donors (Lipinski definition) is 1. The van der Waals surface area contributed by atoms with E-state index in [1.807, 2.05) is 0 Å². The molecule has 1 N–H and O–H groups in total. The number of rotatable bonds is 4. The SMILES string of the molecule is C[C@H](C(=O)NCC1CC1)n1ccc(C(F)(F)F)n1. The average molecular weight is 261 g/mol. The van der Waals surface area contributed by atoms with Crippen LogP contribution in [0.1, 0.15) is 31.5 Å². The first-order valence-corrected chi connectivity index (χ1v) is 5.78. The van der Waals surface area contributed by atoms with Crippen LogP contribution in [-0.4, -0.2) is 22.2 Å². The van der Waals surface area contributed by atoms with Crippen molar-refractivity contribution < 1.29 is 18.0 Å². The summed E-state index contributed by atoms with van der Waals surface area (Å²) in [6.07, 6.45) is -1.09. The van der Waals surface area contributed by atoms with E-state index in [2.05, 4.69) is 10.4 Å². The Labute approximate surface area is 102 Å². The Hall–Kier alpha value is -1.53. The minimum Gasteiger partial charge on any atom is -0.354 e. The molecule has 1 saturated carbocycles. The second-order valence-corrected chi connectivity index (χ2v) is 4.54. The first kappa shape index (κ1) is 12.9. The quantitative estimate of drug-likeness (QED) is 0.901. The summed E-state index contributed by atoms with van der Waals surface area (Å²) in [5.41, 5.74) is -0.982. The zero-order valence-corrected chi connectivity index (χ0v) is 9.87. The van der Waals surface area contributed by atoms with Crippen LogP contribution in [0, 0.1) is 5.92 Å². The van der Waals surface area contributed by atoms with Crippen LogP contribution in [0.5, 0.6) is 0 Å². The Bertz CT molecular complexity index is 437. The number of alkyl halides is 3. The van der Waals surface area contributed by atoms with Gasteiger partial charge in [-0.05, 0) is 31.7 Å². The predicted molar refractivity (Wildman–Crippen MR) is 57.7 cm³/mol. The largest absolute Gasteiger partial charge is 0.435 e. The molecule has 0 radical (unpaired) electrons. The monoisotopic (exact) mass is 261 g/mol. The smallest absolute Gasteiger partial charge is 0.354 e. The molecule has 1 aromatic heterocycles. The zero-order chi connectivity index (χ0) is 13.3. The molecule has 1 heterocycles. The van der Waals surface area contributed by atoms with Gasteiger partial charge in [0.05, 0.1) is 0 Å². The van der Waals surface area contributed by atoms with Crippen LogP contribution in [-0.2, 0) is 11.0 Å². The molecule has 1 aliphatic rings. The molecule has 0 unspecified atom stereocenters. The Morgan fingerprint density at radius 1 is 1.61 bits per heavy atom. The third kappa shape index (κ3) is 3.02. The summed E-state index contributed by atoms with van der Waals surface area (Å²) in [7, 11) is 0. The molecule has 4 nitrogen and oxygen atoms in total. The Morgan fingerprint density at radius 2 is 2.28 bits per heavy atom. The normalized spacial score (nSPS) is 17.6. The maximum atomic E-state index is 12.4. The van der Waals surface area contributed by atoms with Gasteiger partial charge in [0.15, 0.2) is 5.69 Å². The first-order valence-electron chi connectivity index (χ1n) is 5.78. The van der Waals surface area contributed by atoms with E-state index >= 15 is 0 Å². The molecule has 1 amide bonds. The molecular weight excluding hydrogens is 247 g/mol. The van der Waals surface area contributed by atoms with Crippen molar-refractivity contribution in [3.05, 3.63) is 18.0 Å². The topological polar surface area (TPSA) is 46.9 Å². The van der Waals surface area contributed by atoms with Crippen LogP contribution in [0.4, 0.5) is 13.2 Å². The van der Waals surface area contributed by atoms with Gasteiger partial charge in [0.1, 0.15) is 6.04 Å². The van der Waals surface area contributed by atoms with Gasteiger partial charge in [-0.1, -0.05) is 0 Å². The van der Waals surface area contributed by atoms with Gasteiger partial charge in [-0.15, -0.1) is 0 Å². The molecule has 0 aromatic carbocycles. The molecule has 1 aromatic rings. The molecule has 0 saturated heterocycles. The van der Waals surface area contributed by atoms with Gasteiger partial charge in [-0.2, -0.15) is 18.3 Å². The average Bonchev–Trinajstić information content (AvgIpc) is 2.97. The van der Waals surface area contributed by atoms with Crippen molar-refractivity contribution in [2.75, 3.05) is 6.54 Å². The number of carbonyl (C=O) groups excluding carboxylic acids is 1. The lowest BCUT2D eigenvalue weighted by atomic mass is 10.3. The second-order valence-electron chi connectivity index (χ2n) is 4.54. The van der Waals surface area contributed by atoms with Crippen LogP contribution >= 0.6 is 0 Å². The highest BCUT2D eigenvalue weighted by atomic mass is 19.4. The number of nitrogens with zero attached hydrogens (tertiary/aromatic N) is 2. The van der Waals surface area contributed by atoms with E-state index in [0.29, 0.717) is 12.5 Å². The third-order valence-electron chi connectivity index (χ3n) is 2.94. The minimum atomic E-state index is -4.48. The van der Waals surface area contributed by atoms with E-state index in [9.17, 15) is 18.0 Å². The van der Waals surface area contributed by atoms with E-state index < -0.39 is 17.9 Å². The van der Waals surface area contributed by atoms with Gasteiger partial charge in [0.25, 0.3) is 0 Å². The highest BCUT2D eigenvalue weighted by Gasteiger charge is 2.34. The number of amides is 1. The molecule has 1 aliphatic carbocycles. The summed E-state index contributed by atoms with van der Waals surface area (Å²) < 4.78 is 38.1. The Kier molecular flexibility index (Phi) is 3.32. The van der Waals surface area contributed by atoms with Gasteiger partial charge in [0, 0.05) is 12.7 Å². The summed E-state index contributed by atoms with van der Waals surface area (Å²) in [6, 6.07) is 0.129. The summed E-state index contributed by atoms with van der Waals surface area (Å²) >= 11 is 0. The van der Waals surface area contributed by atoms with Gasteiger partial charge in [0.2, 0.25) is 5.91 Å². The van der Waals surface area contributed by atoms with Crippen molar-refractivity contribution in [2.24, 2.45) is 5.92 Å². The number of aromatic nitrogens is 2. The van der Waals surface area contributed by atoms with Gasteiger partial charge in [-0.25, -0.2) is 0 Å². The predicted octanol–water partition coefficient (Wildman–Crippen LogP) is 1.99. The fourth-order valence-electron chi connectivity index (χ4n) is 1.54. The summed E-state index contributed by atoms with van der Waals surface area (Å²) in [6.45, 7) is 2.12. The molecule has 18 heavy (non-hydrogen) atoms. The van der Waals surface area contributed by atoms with E-state index in [0.717, 1.165) is 23.6 Å². The summed E-state index contributed by atoms with van der Waals surface area (Å²) in [5.74, 6) is 0.225. The fourth-order valence-corrected chi connectivity index (χ4v) is 1.54. The molecule has 1 fully saturated rings. The lowest BCUT2D eigenvalue weighted by Crippen LogP contribution is -2.32. The third-order valence-corrected chi connectivity index (χ3v) is 2.94. The minimum absolute atomic E-state index is 0.307. The first-order chi connectivity index (χ1) is 8.38. The molecular formula is C11H14F3N3O. The number of halogens is 3. The van der Waals surface area contributed by atoms with Crippen LogP contribution in [0.2, 0.25) is 0 Å². The van der Waals surface area contributed by atoms with Crippen molar-refractivity contribution in [1.82, 2.24) is 15.1 Å². The van der Waals surface area contributed by atoms with E-state index in [-0.39, 0.29) is 5.91 Å². The van der Waals surface area contributed by atoms with E-state index in [1.165, 1.54) is 13.1 Å². The summed E-state index contributed by atoms with van der Waals surface area (Å²) in [5, 5.41) is 6.09. The van der Waals surface area contributed by atoms with Gasteiger partial charge < -0.3 is 5.32 Å². The van der Waals surface area contributed by atoms with Crippen LogP contribution in [0.15, 0.2) is 12.3 Å². The number of carbonyl (C=O) groups is 1. The van der Waals surface area contributed by atoms with Crippen LogP contribution in [0.25, 0.3) is 0 Å². The van der Waals surface area contributed by atoms with Crippen molar-refractivity contribution in [3.63, 3.8) is 0 Å². The van der Waals surface area contributed by atoms with Crippen molar-refractivity contribution >= 4 is 5.91 Å². The van der Waals surface area contributed by atoms with Gasteiger partial charge >= 0.3 is 6.18 Å². The van der Waals surface area contributed by atoms with Crippen molar-refractivity contribution in [3.8, 4) is 0 Å². The fraction of sp³-hybridized carbons (Fsp3) is 0.636. The standard InChI is InChI=1S/C11H14F3N3O/c1-7(10(18)15-6-8-2-3-8)17-5-4-9(16-17)11(12,13)14/h4-5,7-8H,2-3,6H2,1H3,(H,15,18)/t7-/m1/s1. The Morgan fingerprint density at radius 3 is 2.78 bits per heavy atom. The van der Waals surface area contributed by atoms with Crippen molar-refractivity contribution in [1.29, 1.82) is 0 Å². The van der Waals surface area contributed by atoms with Crippen molar-refractivity contribution in [2.45, 2.75) is 32.0 Å². The molecule has 100 valence electrons. The molecule has 0 bridgehead atoms. The lowest BCUT2D eigenvalue weighted by molar-refractivity contribution is -0.142. The zero-order valence-electron chi connectivity index (χ0n) is 9.87. The highest BCUT2D eigenvalue weighted by molar-refractivity contribution is 5.79. The maximum Gasteiger partial charge on any atom is 0.435 e. The number of hydrogen-bond acceptors (Lipinski definition) is 2. The lowest BCUT2D eigenvalue weighted by Gasteiger charge is -2.12. The Balaban J connectivity index is 1.96. The van der Waals surface area contributed by atoms with Crippen LogP contribution < -0.4 is 5.32 Å². The van der Waals surface area contributed by atoms with Crippen LogP contribution in [0.3, 0.4) is 0 Å². The number of nitrogens with one attached hydrogen (secondary N) is 1. The summed E-state index contributed by atoms with van der Waals surface area (Å²) in [4.78, 5) is 11.7. The molecule has 7 heteroatoms. The van der Waals surface area contributed by atoms with E-state index in [4.69, 9.17) is 0 Å². The molecule has 2 rings (SSSR count). The molecule has 0 spiro atoms. The second kappa shape index (κ2) is 4.62.